The third kappa shape index (κ3) is 6.69. The molecule has 7 heteroatoms. The van der Waals surface area contributed by atoms with Crippen molar-refractivity contribution in [3.8, 4) is 11.5 Å². The number of benzene rings is 3. The zero-order valence-electron chi connectivity index (χ0n) is 24.1. The number of hydrogen-bond donors (Lipinski definition) is 1. The Kier molecular flexibility index (Phi) is 9.63. The van der Waals surface area contributed by atoms with Crippen LogP contribution in [0.3, 0.4) is 0 Å². The van der Waals surface area contributed by atoms with Crippen molar-refractivity contribution >= 4 is 18.0 Å². The Bertz CT molecular complexity index is 1330. The molecule has 2 N–H and O–H groups in total. The third-order valence-electron chi connectivity index (χ3n) is 7.55. The molecule has 1 aliphatic rings. The molecule has 1 fully saturated rings. The lowest BCUT2D eigenvalue weighted by Gasteiger charge is -2.56. The molecule has 0 aromatic heterocycles. The Hall–Kier alpha value is -4.36. The number of carbonyl (C=O) groups is 2. The Morgan fingerprint density at radius 1 is 0.927 bits per heavy atom. The molecule has 3 aromatic carbocycles. The minimum atomic E-state index is -1.38. The summed E-state index contributed by atoms with van der Waals surface area (Å²) in [7, 11) is 3.27. The summed E-state index contributed by atoms with van der Waals surface area (Å²) in [6.07, 6.45) is 6.49. The van der Waals surface area contributed by atoms with Gasteiger partial charge in [-0.1, -0.05) is 66.7 Å². The van der Waals surface area contributed by atoms with Crippen molar-refractivity contribution in [2.24, 2.45) is 5.73 Å². The fraction of sp³-hybridized carbons (Fsp3) is 0.294. The number of likely N-dealkylation sites (tertiary alicyclic amines) is 1. The summed E-state index contributed by atoms with van der Waals surface area (Å²) in [4.78, 5) is 28.2. The number of carbonyl (C=O) groups excluding carboxylic acids is 2. The molecular weight excluding hydrogens is 516 g/mol. The van der Waals surface area contributed by atoms with Gasteiger partial charge in [0, 0.05) is 12.1 Å². The van der Waals surface area contributed by atoms with Crippen molar-refractivity contribution in [3.05, 3.63) is 113 Å². The molecule has 2 unspecified atom stereocenters. The van der Waals surface area contributed by atoms with Gasteiger partial charge in [-0.05, 0) is 73.2 Å². The number of amides is 1. The van der Waals surface area contributed by atoms with E-state index in [2.05, 4.69) is 0 Å². The van der Waals surface area contributed by atoms with E-state index in [0.29, 0.717) is 18.4 Å². The molecule has 2 atom stereocenters. The highest BCUT2D eigenvalue weighted by molar-refractivity contribution is 6.00. The minimum Gasteiger partial charge on any atom is -0.497 e. The van der Waals surface area contributed by atoms with Gasteiger partial charge in [-0.15, -0.1) is 0 Å². The van der Waals surface area contributed by atoms with E-state index >= 15 is 0 Å². The number of ether oxygens (including phenoxy) is 3. The molecule has 4 rings (SSSR count). The largest absolute Gasteiger partial charge is 0.497 e. The monoisotopic (exact) mass is 554 g/mol. The molecule has 0 spiro atoms. The van der Waals surface area contributed by atoms with E-state index in [4.69, 9.17) is 19.9 Å². The first-order chi connectivity index (χ1) is 19.8. The molecule has 0 bridgehead atoms. The van der Waals surface area contributed by atoms with Crippen LogP contribution in [0.2, 0.25) is 0 Å². The van der Waals surface area contributed by atoms with E-state index in [1.807, 2.05) is 95.9 Å². The predicted molar refractivity (Wildman–Crippen MR) is 161 cm³/mol. The number of hydrogen-bond acceptors (Lipinski definition) is 6. The zero-order chi connectivity index (χ0) is 29.4. The third-order valence-corrected chi connectivity index (χ3v) is 7.55. The van der Waals surface area contributed by atoms with Gasteiger partial charge in [0.1, 0.15) is 17.0 Å². The molecule has 214 valence electrons. The summed E-state index contributed by atoms with van der Waals surface area (Å²) in [5.74, 6) is 0.792. The predicted octanol–water partition coefficient (Wildman–Crippen LogP) is 4.99. The first kappa shape index (κ1) is 29.6. The number of nitrogens with two attached hydrogens (primary N) is 1. The lowest BCUT2D eigenvalue weighted by molar-refractivity contribution is -0.157. The van der Waals surface area contributed by atoms with Gasteiger partial charge in [0.15, 0.2) is 0 Å². The van der Waals surface area contributed by atoms with Crippen molar-refractivity contribution in [1.29, 1.82) is 0 Å². The average Bonchev–Trinajstić information content (AvgIpc) is 2.99. The number of methoxy groups -OCH3 is 2. The van der Waals surface area contributed by atoms with Gasteiger partial charge in [-0.25, -0.2) is 4.79 Å². The van der Waals surface area contributed by atoms with Gasteiger partial charge in [-0.3, -0.25) is 4.79 Å². The Balaban J connectivity index is 1.73. The van der Waals surface area contributed by atoms with Crippen LogP contribution in [0.5, 0.6) is 11.5 Å². The van der Waals surface area contributed by atoms with Crippen LogP contribution < -0.4 is 15.2 Å². The molecule has 41 heavy (non-hydrogen) atoms. The molecule has 0 aliphatic carbocycles. The standard InChI is InChI=1S/C34H38N2O5/c1-5-41-32(37)21-24(2)34(35)31(20-15-25-9-7-6-8-10-25)36(33(34)38)28(22-26-11-16-29(39-3)17-12-26)23-27-13-18-30(40-4)19-14-27/h6-21,28,31H,5,22-23,35H2,1-4H3. The van der Waals surface area contributed by atoms with Crippen molar-refractivity contribution in [2.45, 2.75) is 44.3 Å². The van der Waals surface area contributed by atoms with Gasteiger partial charge in [0.25, 0.3) is 0 Å². The second-order valence-corrected chi connectivity index (χ2v) is 10.1. The molecule has 0 radical (unpaired) electrons. The van der Waals surface area contributed by atoms with Crippen LogP contribution in [0.25, 0.3) is 6.08 Å². The van der Waals surface area contributed by atoms with Gasteiger partial charge in [0.2, 0.25) is 5.91 Å². The van der Waals surface area contributed by atoms with E-state index in [9.17, 15) is 9.59 Å². The summed E-state index contributed by atoms with van der Waals surface area (Å²) in [5, 5.41) is 0. The molecule has 0 saturated carbocycles. The molecule has 3 aromatic rings. The van der Waals surface area contributed by atoms with Crippen LogP contribution >= 0.6 is 0 Å². The minimum absolute atomic E-state index is 0.207. The molecule has 7 nitrogen and oxygen atoms in total. The first-order valence-corrected chi connectivity index (χ1v) is 13.8. The Labute approximate surface area is 242 Å². The summed E-state index contributed by atoms with van der Waals surface area (Å²) >= 11 is 0. The molecule has 1 aliphatic heterocycles. The zero-order valence-corrected chi connectivity index (χ0v) is 24.1. The first-order valence-electron chi connectivity index (χ1n) is 13.8. The quantitative estimate of drug-likeness (QED) is 0.193. The SMILES string of the molecule is CCOC(=O)C=C(C)C1(N)C(=O)N(C(Cc2ccc(OC)cc2)Cc2ccc(OC)cc2)C1C=Cc1ccccc1. The van der Waals surface area contributed by atoms with E-state index in [1.165, 1.54) is 6.08 Å². The van der Waals surface area contributed by atoms with Gasteiger partial charge in [0.05, 0.1) is 26.9 Å². The number of nitrogens with zero attached hydrogens (tertiary/aromatic N) is 1. The van der Waals surface area contributed by atoms with Crippen LogP contribution in [0, 0.1) is 0 Å². The Morgan fingerprint density at radius 3 is 1.95 bits per heavy atom. The van der Waals surface area contributed by atoms with Crippen LogP contribution in [0.4, 0.5) is 0 Å². The maximum Gasteiger partial charge on any atom is 0.330 e. The molecule has 1 heterocycles. The van der Waals surface area contributed by atoms with E-state index in [-0.39, 0.29) is 18.6 Å². The number of β-lactam (4-membered cyclic amide) rings is 1. The maximum absolute atomic E-state index is 14.0. The van der Waals surface area contributed by atoms with Crippen molar-refractivity contribution in [2.75, 3.05) is 20.8 Å². The second kappa shape index (κ2) is 13.3. The van der Waals surface area contributed by atoms with E-state index < -0.39 is 17.6 Å². The lowest BCUT2D eigenvalue weighted by Crippen LogP contribution is -2.80. The van der Waals surface area contributed by atoms with Crippen molar-refractivity contribution in [3.63, 3.8) is 0 Å². The summed E-state index contributed by atoms with van der Waals surface area (Å²) in [6.45, 7) is 3.70. The summed E-state index contributed by atoms with van der Waals surface area (Å²) < 4.78 is 15.8. The van der Waals surface area contributed by atoms with E-state index in [0.717, 1.165) is 28.2 Å². The van der Waals surface area contributed by atoms with Crippen molar-refractivity contribution < 1.29 is 23.8 Å². The highest BCUT2D eigenvalue weighted by Gasteiger charge is 2.60. The normalized spacial score (nSPS) is 18.9. The summed E-state index contributed by atoms with van der Waals surface area (Å²) in [6, 6.07) is 24.9. The van der Waals surface area contributed by atoms with Crippen LogP contribution in [0.1, 0.15) is 30.5 Å². The Morgan fingerprint density at radius 2 is 1.46 bits per heavy atom. The highest BCUT2D eigenvalue weighted by Crippen LogP contribution is 2.39. The van der Waals surface area contributed by atoms with Crippen LogP contribution in [-0.2, 0) is 27.2 Å². The van der Waals surface area contributed by atoms with Crippen LogP contribution in [0.15, 0.2) is 96.6 Å². The van der Waals surface area contributed by atoms with E-state index in [1.54, 1.807) is 28.1 Å². The fourth-order valence-corrected chi connectivity index (χ4v) is 5.24. The fourth-order valence-electron chi connectivity index (χ4n) is 5.24. The molecular formula is C34H38N2O5. The number of rotatable bonds is 12. The van der Waals surface area contributed by atoms with Crippen molar-refractivity contribution in [1.82, 2.24) is 4.90 Å². The van der Waals surface area contributed by atoms with Crippen LogP contribution in [-0.4, -0.2) is 55.2 Å². The van der Waals surface area contributed by atoms with Gasteiger partial charge in [-0.2, -0.15) is 0 Å². The lowest BCUT2D eigenvalue weighted by atomic mass is 9.71. The maximum atomic E-state index is 14.0. The second-order valence-electron chi connectivity index (χ2n) is 10.1. The highest BCUT2D eigenvalue weighted by atomic mass is 16.5. The topological polar surface area (TPSA) is 91.1 Å². The molecule has 1 saturated heterocycles. The van der Waals surface area contributed by atoms with Gasteiger partial charge < -0.3 is 24.8 Å². The average molecular weight is 555 g/mol. The van der Waals surface area contributed by atoms with Gasteiger partial charge >= 0.3 is 5.97 Å². The summed E-state index contributed by atoms with van der Waals surface area (Å²) in [5.41, 5.74) is 9.09. The number of esters is 1. The smallest absolute Gasteiger partial charge is 0.330 e. The molecule has 1 amide bonds.